The molecule has 0 saturated carbocycles. The van der Waals surface area contributed by atoms with E-state index in [1.54, 1.807) is 0 Å². The highest BCUT2D eigenvalue weighted by Gasteiger charge is 2.36. The van der Waals surface area contributed by atoms with Crippen LogP contribution < -0.4 is 5.32 Å². The van der Waals surface area contributed by atoms with Crippen LogP contribution in [0.5, 0.6) is 0 Å². The van der Waals surface area contributed by atoms with Crippen molar-refractivity contribution >= 4 is 17.6 Å². The van der Waals surface area contributed by atoms with Crippen LogP contribution in [-0.2, 0) is 4.74 Å². The highest BCUT2D eigenvalue weighted by atomic mass is 16.5. The lowest BCUT2D eigenvalue weighted by atomic mass is 9.86. The van der Waals surface area contributed by atoms with Crippen molar-refractivity contribution in [1.29, 1.82) is 0 Å². The number of aromatic nitrogens is 3. The second-order valence-corrected chi connectivity index (χ2v) is 5.92. The molecule has 1 atom stereocenters. The third kappa shape index (κ3) is 2.73. The zero-order valence-corrected chi connectivity index (χ0v) is 12.7. The Bertz CT molecular complexity index is 768. The Morgan fingerprint density at radius 3 is 2.96 bits per heavy atom. The number of fused-ring (bicyclic) bond motifs is 4. The lowest BCUT2D eigenvalue weighted by Gasteiger charge is -2.44. The van der Waals surface area contributed by atoms with Gasteiger partial charge in [0.2, 0.25) is 5.95 Å². The van der Waals surface area contributed by atoms with Crippen LogP contribution in [0.4, 0.5) is 5.95 Å². The van der Waals surface area contributed by atoms with Crippen LogP contribution in [0.3, 0.4) is 0 Å². The second kappa shape index (κ2) is 5.89. The first-order valence-corrected chi connectivity index (χ1v) is 7.82. The largest absolute Gasteiger partial charge is 0.459 e. The van der Waals surface area contributed by atoms with Gasteiger partial charge in [-0.25, -0.2) is 0 Å². The third-order valence-corrected chi connectivity index (χ3v) is 4.56. The van der Waals surface area contributed by atoms with E-state index < -0.39 is 0 Å². The van der Waals surface area contributed by atoms with Crippen molar-refractivity contribution in [2.75, 3.05) is 25.0 Å². The molecule has 2 bridgehead atoms. The molecule has 3 aliphatic rings. The molecule has 3 aliphatic heterocycles. The Morgan fingerprint density at radius 1 is 1.35 bits per heavy atom. The monoisotopic (exact) mass is 310 g/mol. The Kier molecular flexibility index (Phi) is 3.60. The molecule has 0 radical (unpaired) electrons. The van der Waals surface area contributed by atoms with E-state index in [4.69, 9.17) is 11.2 Å². The van der Waals surface area contributed by atoms with Crippen molar-refractivity contribution < 1.29 is 4.74 Å². The zero-order valence-electron chi connectivity index (χ0n) is 12.7. The topological polar surface area (TPSA) is 67.0 Å². The van der Waals surface area contributed by atoms with Gasteiger partial charge in [-0.2, -0.15) is 0 Å². The number of terminal acetylenes is 1. The van der Waals surface area contributed by atoms with Crippen LogP contribution in [0.1, 0.15) is 12.8 Å². The summed E-state index contributed by atoms with van der Waals surface area (Å²) < 4.78 is 7.89. The Hall–Kier alpha value is -2.59. The number of ether oxygens (including phenoxy) is 1. The van der Waals surface area contributed by atoms with E-state index in [-0.39, 0.29) is 6.10 Å². The van der Waals surface area contributed by atoms with Gasteiger partial charge in [-0.15, -0.1) is 15.2 Å². The minimum absolute atomic E-state index is 0.122. The summed E-state index contributed by atoms with van der Waals surface area (Å²) in [5.41, 5.74) is 0.748. The maximum atomic E-state index is 6.06. The fraction of sp³-hybridized carbons (Fsp3) is 0.438. The minimum atomic E-state index is 0.122. The van der Waals surface area contributed by atoms with Gasteiger partial charge in [0.05, 0.1) is 0 Å². The zero-order chi connectivity index (χ0) is 15.6. The average Bonchev–Trinajstić information content (AvgIpc) is 2.99. The Morgan fingerprint density at radius 2 is 2.22 bits per heavy atom. The predicted molar refractivity (Wildman–Crippen MR) is 86.9 cm³/mol. The maximum Gasteiger partial charge on any atom is 0.305 e. The van der Waals surface area contributed by atoms with Crippen LogP contribution in [0.2, 0.25) is 0 Å². The Labute approximate surface area is 134 Å². The summed E-state index contributed by atoms with van der Waals surface area (Å²) in [4.78, 5) is 6.42. The van der Waals surface area contributed by atoms with Gasteiger partial charge in [-0.1, -0.05) is 12.5 Å². The van der Waals surface area contributed by atoms with Crippen LogP contribution in [0.25, 0.3) is 5.65 Å². The van der Waals surface area contributed by atoms with Crippen molar-refractivity contribution in [2.24, 2.45) is 10.9 Å². The van der Waals surface area contributed by atoms with E-state index in [1.807, 2.05) is 28.8 Å². The summed E-state index contributed by atoms with van der Waals surface area (Å²) in [7, 11) is 0. The van der Waals surface area contributed by atoms with E-state index in [2.05, 4.69) is 31.5 Å². The van der Waals surface area contributed by atoms with Crippen molar-refractivity contribution in [1.82, 2.24) is 19.5 Å². The van der Waals surface area contributed by atoms with E-state index in [1.165, 1.54) is 12.8 Å². The molecule has 2 aromatic heterocycles. The number of aliphatic imine (C=N–C) groups is 1. The minimum Gasteiger partial charge on any atom is -0.459 e. The van der Waals surface area contributed by atoms with Crippen LogP contribution in [0.15, 0.2) is 29.4 Å². The number of nitrogens with zero attached hydrogens (tertiary/aromatic N) is 5. The summed E-state index contributed by atoms with van der Waals surface area (Å²) in [6.07, 6.45) is 9.67. The summed E-state index contributed by atoms with van der Waals surface area (Å²) in [5, 5.41) is 11.3. The molecule has 0 aromatic carbocycles. The third-order valence-electron chi connectivity index (χ3n) is 4.56. The van der Waals surface area contributed by atoms with Crippen molar-refractivity contribution in [3.05, 3.63) is 24.4 Å². The summed E-state index contributed by atoms with van der Waals surface area (Å²) in [6, 6.07) is 8.30. The molecular weight excluding hydrogens is 292 g/mol. The van der Waals surface area contributed by atoms with Crippen LogP contribution in [0, 0.1) is 18.4 Å². The molecule has 5 rings (SSSR count). The normalized spacial score (nSPS) is 26.9. The summed E-state index contributed by atoms with van der Waals surface area (Å²) in [5.74, 6) is 1.11. The second-order valence-electron chi connectivity index (χ2n) is 5.92. The molecule has 0 unspecified atom stereocenters. The van der Waals surface area contributed by atoms with Crippen LogP contribution >= 0.6 is 0 Å². The number of nitrogens with one attached hydrogen (secondary N) is 1. The summed E-state index contributed by atoms with van der Waals surface area (Å²) >= 11 is 0. The maximum absolute atomic E-state index is 6.06. The molecule has 3 fully saturated rings. The number of anilines is 1. The molecule has 0 amide bonds. The number of rotatable bonds is 2. The van der Waals surface area contributed by atoms with Gasteiger partial charge in [0.15, 0.2) is 5.65 Å². The molecule has 7 nitrogen and oxygen atoms in total. The first-order chi connectivity index (χ1) is 11.3. The van der Waals surface area contributed by atoms with E-state index >= 15 is 0 Å². The van der Waals surface area contributed by atoms with Gasteiger partial charge in [-0.05, 0) is 44.0 Å². The van der Waals surface area contributed by atoms with Crippen LogP contribution in [-0.4, -0.2) is 51.3 Å². The molecular formula is C16H18N6O. The molecule has 118 valence electrons. The molecule has 1 N–H and O–H groups in total. The molecule has 23 heavy (non-hydrogen) atoms. The molecule has 7 heteroatoms. The van der Waals surface area contributed by atoms with Gasteiger partial charge in [0, 0.05) is 18.8 Å². The number of amidine groups is 1. The lowest BCUT2D eigenvalue weighted by Crippen LogP contribution is -2.52. The number of hydrogen-bond donors (Lipinski definition) is 1. The van der Waals surface area contributed by atoms with Crippen molar-refractivity contribution in [3.63, 3.8) is 0 Å². The molecule has 2 aromatic rings. The fourth-order valence-corrected chi connectivity index (χ4v) is 3.35. The standard InChI is InChI=1S/C16H18N6O/c1-2-17-16(23-13-11-21-9-6-12(13)7-10-21)18-15-20-19-14-5-3-4-8-22(14)15/h1,3-5,8,12-13H,6-7,9-11H2,(H,17,18,20)/t13-/m0/s1. The fourth-order valence-electron chi connectivity index (χ4n) is 3.35. The average molecular weight is 310 g/mol. The SMILES string of the molecule is C#CN=C(Nc1nnc2ccccn12)O[C@H]1CN2CCC1CC2. The van der Waals surface area contributed by atoms with Gasteiger partial charge in [-0.3, -0.25) is 14.6 Å². The van der Waals surface area contributed by atoms with E-state index in [0.717, 1.165) is 25.3 Å². The highest BCUT2D eigenvalue weighted by molar-refractivity contribution is 5.88. The molecule has 5 heterocycles. The lowest BCUT2D eigenvalue weighted by molar-refractivity contribution is -0.0145. The predicted octanol–water partition coefficient (Wildman–Crippen LogP) is 1.20. The number of hydrogen-bond acceptors (Lipinski definition) is 5. The molecule has 0 spiro atoms. The first kappa shape index (κ1) is 14.0. The van der Waals surface area contributed by atoms with Gasteiger partial charge >= 0.3 is 6.02 Å². The highest BCUT2D eigenvalue weighted by Crippen LogP contribution is 2.29. The first-order valence-electron chi connectivity index (χ1n) is 7.82. The van der Waals surface area contributed by atoms with Crippen molar-refractivity contribution in [3.8, 4) is 12.5 Å². The molecule has 0 aliphatic carbocycles. The van der Waals surface area contributed by atoms with Gasteiger partial charge in [0.25, 0.3) is 0 Å². The van der Waals surface area contributed by atoms with Crippen molar-refractivity contribution in [2.45, 2.75) is 18.9 Å². The summed E-state index contributed by atoms with van der Waals surface area (Å²) in [6.45, 7) is 3.25. The smallest absolute Gasteiger partial charge is 0.305 e. The molecule has 3 saturated heterocycles. The van der Waals surface area contributed by atoms with E-state index in [9.17, 15) is 0 Å². The van der Waals surface area contributed by atoms with E-state index in [0.29, 0.717) is 17.9 Å². The number of pyridine rings is 1. The van der Waals surface area contributed by atoms with Gasteiger partial charge in [0.1, 0.15) is 6.10 Å². The Balaban J connectivity index is 1.52. The quantitative estimate of drug-likeness (QED) is 0.513. The number of piperidine rings is 3. The van der Waals surface area contributed by atoms with Gasteiger partial charge < -0.3 is 4.74 Å².